The monoisotopic (exact) mass is 310 g/mol. The van der Waals surface area contributed by atoms with Gasteiger partial charge in [0.05, 0.1) is 5.38 Å². The zero-order chi connectivity index (χ0) is 14.7. The van der Waals surface area contributed by atoms with Gasteiger partial charge in [0.1, 0.15) is 13.2 Å². The van der Waals surface area contributed by atoms with Crippen LogP contribution >= 0.6 is 11.6 Å². The van der Waals surface area contributed by atoms with Crippen LogP contribution in [0.25, 0.3) is 0 Å². The largest absolute Gasteiger partial charge is 0.486 e. The molecule has 1 fully saturated rings. The summed E-state index contributed by atoms with van der Waals surface area (Å²) in [5.74, 6) is 1.64. The first-order valence-electron chi connectivity index (χ1n) is 7.74. The Hall–Kier alpha value is -0.970. The van der Waals surface area contributed by atoms with Crippen LogP contribution in [0, 0.1) is 0 Å². The third-order valence-electron chi connectivity index (χ3n) is 4.26. The molecule has 2 heterocycles. The van der Waals surface area contributed by atoms with E-state index in [0.717, 1.165) is 56.3 Å². The van der Waals surface area contributed by atoms with Crippen molar-refractivity contribution >= 4 is 11.6 Å². The van der Waals surface area contributed by atoms with E-state index in [2.05, 4.69) is 16.7 Å². The molecule has 0 N–H and O–H groups in total. The van der Waals surface area contributed by atoms with E-state index < -0.39 is 0 Å². The van der Waals surface area contributed by atoms with Gasteiger partial charge in [-0.25, -0.2) is 0 Å². The molecule has 0 spiro atoms. The molecule has 0 aromatic heterocycles. The van der Waals surface area contributed by atoms with Crippen molar-refractivity contribution in [3.05, 3.63) is 23.8 Å². The summed E-state index contributed by atoms with van der Waals surface area (Å²) in [6, 6.07) is 6.04. The molecule has 1 unspecified atom stereocenters. The maximum Gasteiger partial charge on any atom is 0.161 e. The summed E-state index contributed by atoms with van der Waals surface area (Å²) in [5, 5.41) is -0.00555. The molecule has 3 rings (SSSR count). The fourth-order valence-corrected chi connectivity index (χ4v) is 3.21. The number of ether oxygens (including phenoxy) is 2. The molecule has 4 nitrogen and oxygen atoms in total. The molecule has 2 aliphatic rings. The van der Waals surface area contributed by atoms with Gasteiger partial charge in [-0.15, -0.1) is 11.6 Å². The van der Waals surface area contributed by atoms with Crippen LogP contribution in [0.1, 0.15) is 17.9 Å². The van der Waals surface area contributed by atoms with Crippen LogP contribution in [0.15, 0.2) is 18.2 Å². The molecule has 5 heteroatoms. The van der Waals surface area contributed by atoms with E-state index in [0.29, 0.717) is 13.2 Å². The fraction of sp³-hybridized carbons (Fsp3) is 0.625. The van der Waals surface area contributed by atoms with Gasteiger partial charge in [-0.3, -0.25) is 4.90 Å². The predicted molar refractivity (Wildman–Crippen MR) is 84.6 cm³/mol. The lowest BCUT2D eigenvalue weighted by molar-refractivity contribution is 0.137. The fourth-order valence-electron chi connectivity index (χ4n) is 2.87. The SMILES string of the molecule is CCN1CCN(CC(Cl)c2ccc3c(c2)OCCO3)CC1. The highest BCUT2D eigenvalue weighted by Crippen LogP contribution is 2.34. The summed E-state index contributed by atoms with van der Waals surface area (Å²) in [7, 11) is 0. The van der Waals surface area contributed by atoms with E-state index in [4.69, 9.17) is 21.1 Å². The second kappa shape index (κ2) is 6.86. The Balaban J connectivity index is 1.59. The molecule has 1 aromatic rings. The van der Waals surface area contributed by atoms with Crippen molar-refractivity contribution in [3.8, 4) is 11.5 Å². The van der Waals surface area contributed by atoms with Gasteiger partial charge in [0.15, 0.2) is 11.5 Å². The Morgan fingerprint density at radius 2 is 1.71 bits per heavy atom. The lowest BCUT2D eigenvalue weighted by atomic mass is 10.1. The Morgan fingerprint density at radius 1 is 1.05 bits per heavy atom. The van der Waals surface area contributed by atoms with Crippen molar-refractivity contribution in [1.29, 1.82) is 0 Å². The topological polar surface area (TPSA) is 24.9 Å². The Labute approximate surface area is 131 Å². The quantitative estimate of drug-likeness (QED) is 0.797. The lowest BCUT2D eigenvalue weighted by Crippen LogP contribution is -2.46. The summed E-state index contributed by atoms with van der Waals surface area (Å²) in [4.78, 5) is 4.92. The third kappa shape index (κ3) is 3.62. The predicted octanol–water partition coefficient (Wildman–Crippen LogP) is 2.38. The first-order chi connectivity index (χ1) is 10.3. The Morgan fingerprint density at radius 3 is 2.43 bits per heavy atom. The second-order valence-electron chi connectivity index (χ2n) is 5.61. The number of rotatable bonds is 4. The van der Waals surface area contributed by atoms with Gasteiger partial charge in [-0.2, -0.15) is 0 Å². The maximum atomic E-state index is 6.60. The average molecular weight is 311 g/mol. The van der Waals surface area contributed by atoms with Gasteiger partial charge in [-0.05, 0) is 24.2 Å². The van der Waals surface area contributed by atoms with Gasteiger partial charge in [-0.1, -0.05) is 13.0 Å². The smallest absolute Gasteiger partial charge is 0.161 e. The molecule has 1 atom stereocenters. The molecule has 0 bridgehead atoms. The van der Waals surface area contributed by atoms with Crippen molar-refractivity contribution in [2.75, 3.05) is 52.5 Å². The summed E-state index contributed by atoms with van der Waals surface area (Å²) in [5.41, 5.74) is 1.11. The number of hydrogen-bond acceptors (Lipinski definition) is 4. The zero-order valence-corrected chi connectivity index (χ0v) is 13.3. The molecule has 2 aliphatic heterocycles. The van der Waals surface area contributed by atoms with Crippen LogP contribution in [0.4, 0.5) is 0 Å². The highest BCUT2D eigenvalue weighted by Gasteiger charge is 2.20. The van der Waals surface area contributed by atoms with Crippen LogP contribution in [0.2, 0.25) is 0 Å². The van der Waals surface area contributed by atoms with Crippen molar-refractivity contribution in [2.24, 2.45) is 0 Å². The molecule has 0 saturated carbocycles. The molecule has 21 heavy (non-hydrogen) atoms. The Kier molecular flexibility index (Phi) is 4.88. The lowest BCUT2D eigenvalue weighted by Gasteiger charge is -2.35. The van der Waals surface area contributed by atoms with Crippen LogP contribution < -0.4 is 9.47 Å². The first kappa shape index (κ1) is 14.9. The minimum atomic E-state index is -0.00555. The van der Waals surface area contributed by atoms with Gasteiger partial charge in [0, 0.05) is 32.7 Å². The molecule has 1 aromatic carbocycles. The number of likely N-dealkylation sites (N-methyl/N-ethyl adjacent to an activating group) is 1. The summed E-state index contributed by atoms with van der Waals surface area (Å²) in [6.07, 6.45) is 0. The van der Waals surface area contributed by atoms with E-state index in [9.17, 15) is 0 Å². The minimum absolute atomic E-state index is 0.00555. The van der Waals surface area contributed by atoms with E-state index in [-0.39, 0.29) is 5.38 Å². The van der Waals surface area contributed by atoms with E-state index in [1.54, 1.807) is 0 Å². The van der Waals surface area contributed by atoms with Crippen molar-refractivity contribution in [3.63, 3.8) is 0 Å². The summed E-state index contributed by atoms with van der Waals surface area (Å²) >= 11 is 6.60. The number of halogens is 1. The van der Waals surface area contributed by atoms with Crippen molar-refractivity contribution < 1.29 is 9.47 Å². The van der Waals surface area contributed by atoms with Gasteiger partial charge >= 0.3 is 0 Å². The molecule has 0 radical (unpaired) electrons. The number of alkyl halides is 1. The standard InChI is InChI=1S/C16H23ClN2O2/c1-2-18-5-7-19(8-6-18)12-14(17)13-3-4-15-16(11-13)21-10-9-20-15/h3-4,11,14H,2,5-10,12H2,1H3. The third-order valence-corrected chi connectivity index (χ3v) is 4.65. The molecule has 0 amide bonds. The summed E-state index contributed by atoms with van der Waals surface area (Å²) in [6.45, 7) is 9.96. The van der Waals surface area contributed by atoms with Crippen molar-refractivity contribution in [1.82, 2.24) is 9.80 Å². The van der Waals surface area contributed by atoms with E-state index in [1.165, 1.54) is 0 Å². The highest BCUT2D eigenvalue weighted by molar-refractivity contribution is 6.21. The van der Waals surface area contributed by atoms with Crippen molar-refractivity contribution in [2.45, 2.75) is 12.3 Å². The van der Waals surface area contributed by atoms with Crippen LogP contribution in [-0.4, -0.2) is 62.3 Å². The number of fused-ring (bicyclic) bond motifs is 1. The average Bonchev–Trinajstić information content (AvgIpc) is 2.55. The van der Waals surface area contributed by atoms with E-state index in [1.807, 2.05) is 18.2 Å². The second-order valence-corrected chi connectivity index (χ2v) is 6.13. The van der Waals surface area contributed by atoms with Crippen LogP contribution in [0.5, 0.6) is 11.5 Å². The molecular formula is C16H23ClN2O2. The number of benzene rings is 1. The molecule has 116 valence electrons. The van der Waals surface area contributed by atoms with Gasteiger partial charge in [0.25, 0.3) is 0 Å². The minimum Gasteiger partial charge on any atom is -0.486 e. The number of piperazine rings is 1. The molecule has 0 aliphatic carbocycles. The van der Waals surface area contributed by atoms with Crippen LogP contribution in [0.3, 0.4) is 0 Å². The highest BCUT2D eigenvalue weighted by atomic mass is 35.5. The number of hydrogen-bond donors (Lipinski definition) is 0. The van der Waals surface area contributed by atoms with Gasteiger partial charge < -0.3 is 14.4 Å². The normalized spacial score (nSPS) is 21.2. The summed E-state index contributed by atoms with van der Waals surface area (Å²) < 4.78 is 11.2. The number of nitrogens with zero attached hydrogens (tertiary/aromatic N) is 2. The Bertz CT molecular complexity index is 475. The first-order valence-corrected chi connectivity index (χ1v) is 8.18. The van der Waals surface area contributed by atoms with Crippen LogP contribution in [-0.2, 0) is 0 Å². The van der Waals surface area contributed by atoms with E-state index >= 15 is 0 Å². The van der Waals surface area contributed by atoms with Gasteiger partial charge in [0.2, 0.25) is 0 Å². The zero-order valence-electron chi connectivity index (χ0n) is 12.6. The molecular weight excluding hydrogens is 288 g/mol. The molecule has 1 saturated heterocycles. The maximum absolute atomic E-state index is 6.60.